The van der Waals surface area contributed by atoms with Gasteiger partial charge in [-0.2, -0.15) is 0 Å². The molecule has 4 aromatic carbocycles. The van der Waals surface area contributed by atoms with Gasteiger partial charge in [0.1, 0.15) is 29.7 Å². The molecular formula is C34H35F2NO3. The Morgan fingerprint density at radius 1 is 0.775 bits per heavy atom. The molecule has 208 valence electrons. The van der Waals surface area contributed by atoms with Crippen LogP contribution in [-0.2, 0) is 0 Å². The van der Waals surface area contributed by atoms with Crippen LogP contribution in [0, 0.1) is 11.6 Å². The Morgan fingerprint density at radius 2 is 1.45 bits per heavy atom. The molecule has 1 heterocycles. The number of nitrogens with zero attached hydrogens (tertiary/aromatic N) is 1. The van der Waals surface area contributed by atoms with E-state index in [-0.39, 0.29) is 11.3 Å². The second-order valence-corrected chi connectivity index (χ2v) is 10.4. The molecule has 0 saturated carbocycles. The van der Waals surface area contributed by atoms with Gasteiger partial charge in [-0.3, -0.25) is 9.69 Å². The minimum Gasteiger partial charge on any atom is -0.497 e. The minimum absolute atomic E-state index is 0.169. The molecule has 0 aliphatic carbocycles. The number of hydrogen-bond donors (Lipinski definition) is 0. The number of carbonyl (C=O) groups is 1. The number of carbonyl (C=O) groups excluding carboxylic acids is 1. The normalized spacial score (nSPS) is 14.8. The van der Waals surface area contributed by atoms with E-state index in [2.05, 4.69) is 4.90 Å². The van der Waals surface area contributed by atoms with Crippen molar-refractivity contribution in [1.82, 2.24) is 4.90 Å². The van der Waals surface area contributed by atoms with Gasteiger partial charge >= 0.3 is 0 Å². The zero-order chi connectivity index (χ0) is 27.9. The SMILES string of the molecule is COc1ccc2c(C(=O)c3ccc(OCCN4CCCCCCCC4)cc3)c(-c3ccc(F)cc3F)ccc2c1. The first-order chi connectivity index (χ1) is 19.5. The average molecular weight is 544 g/mol. The summed E-state index contributed by atoms with van der Waals surface area (Å²) in [5.41, 5.74) is 1.39. The summed E-state index contributed by atoms with van der Waals surface area (Å²) in [6, 6.07) is 19.4. The molecule has 0 amide bonds. The summed E-state index contributed by atoms with van der Waals surface area (Å²) in [4.78, 5) is 16.4. The summed E-state index contributed by atoms with van der Waals surface area (Å²) in [5.74, 6) is -0.288. The summed E-state index contributed by atoms with van der Waals surface area (Å²) < 4.78 is 39.9. The fourth-order valence-corrected chi connectivity index (χ4v) is 5.46. The summed E-state index contributed by atoms with van der Waals surface area (Å²) in [6.45, 7) is 3.70. The number of ketones is 1. The van der Waals surface area contributed by atoms with Gasteiger partial charge in [-0.05, 0) is 96.9 Å². The fourth-order valence-electron chi connectivity index (χ4n) is 5.46. The van der Waals surface area contributed by atoms with Crippen LogP contribution in [0.25, 0.3) is 21.9 Å². The molecule has 0 radical (unpaired) electrons. The highest BCUT2D eigenvalue weighted by molar-refractivity contribution is 6.20. The Hall–Kier alpha value is -3.77. The van der Waals surface area contributed by atoms with Gasteiger partial charge in [0.05, 0.1) is 7.11 Å². The van der Waals surface area contributed by atoms with Crippen molar-refractivity contribution in [3.05, 3.63) is 95.6 Å². The molecule has 0 N–H and O–H groups in total. The first-order valence-corrected chi connectivity index (χ1v) is 14.1. The third kappa shape index (κ3) is 6.50. The van der Waals surface area contributed by atoms with Crippen LogP contribution in [0.4, 0.5) is 8.78 Å². The van der Waals surface area contributed by atoms with Crippen LogP contribution in [0.1, 0.15) is 54.4 Å². The summed E-state index contributed by atoms with van der Waals surface area (Å²) in [7, 11) is 1.58. The van der Waals surface area contributed by atoms with Crippen LogP contribution in [0.3, 0.4) is 0 Å². The van der Waals surface area contributed by atoms with Crippen LogP contribution in [0.2, 0.25) is 0 Å². The number of ether oxygens (including phenoxy) is 2. The van der Waals surface area contributed by atoms with Gasteiger partial charge < -0.3 is 9.47 Å². The van der Waals surface area contributed by atoms with E-state index in [1.165, 1.54) is 50.7 Å². The lowest BCUT2D eigenvalue weighted by atomic mass is 9.89. The van der Waals surface area contributed by atoms with Crippen LogP contribution in [-0.4, -0.2) is 44.0 Å². The third-order valence-corrected chi connectivity index (χ3v) is 7.67. The predicted octanol–water partition coefficient (Wildman–Crippen LogP) is 8.06. The molecule has 1 aliphatic heterocycles. The smallest absolute Gasteiger partial charge is 0.194 e. The largest absolute Gasteiger partial charge is 0.497 e. The Balaban J connectivity index is 1.38. The van der Waals surface area contributed by atoms with Crippen LogP contribution in [0.5, 0.6) is 11.5 Å². The average Bonchev–Trinajstić information content (AvgIpc) is 3.10. The Bertz CT molecular complexity index is 1460. The lowest BCUT2D eigenvalue weighted by molar-refractivity contribution is 0.104. The zero-order valence-electron chi connectivity index (χ0n) is 22.9. The lowest BCUT2D eigenvalue weighted by Gasteiger charge is -2.21. The molecule has 0 aromatic heterocycles. The fraction of sp³-hybridized carbons (Fsp3) is 0.324. The van der Waals surface area contributed by atoms with Crippen molar-refractivity contribution in [3.63, 3.8) is 0 Å². The van der Waals surface area contributed by atoms with E-state index in [1.54, 1.807) is 49.6 Å². The Labute approximate surface area is 234 Å². The Kier molecular flexibility index (Phi) is 9.07. The molecule has 4 aromatic rings. The van der Waals surface area contributed by atoms with Gasteiger partial charge in [0, 0.05) is 29.3 Å². The lowest BCUT2D eigenvalue weighted by Crippen LogP contribution is -2.30. The molecule has 0 spiro atoms. The predicted molar refractivity (Wildman–Crippen MR) is 155 cm³/mol. The topological polar surface area (TPSA) is 38.8 Å². The third-order valence-electron chi connectivity index (χ3n) is 7.67. The van der Waals surface area contributed by atoms with Gasteiger partial charge in [0.2, 0.25) is 0 Å². The molecule has 0 atom stereocenters. The molecule has 40 heavy (non-hydrogen) atoms. The highest BCUT2D eigenvalue weighted by Gasteiger charge is 2.21. The maximum atomic E-state index is 14.9. The molecule has 0 bridgehead atoms. The van der Waals surface area contributed by atoms with Gasteiger partial charge in [-0.25, -0.2) is 8.78 Å². The van der Waals surface area contributed by atoms with Crippen LogP contribution in [0.15, 0.2) is 72.8 Å². The molecule has 1 saturated heterocycles. The zero-order valence-corrected chi connectivity index (χ0v) is 22.9. The molecule has 4 nitrogen and oxygen atoms in total. The van der Waals surface area contributed by atoms with Crippen molar-refractivity contribution in [3.8, 4) is 22.6 Å². The highest BCUT2D eigenvalue weighted by atomic mass is 19.1. The van der Waals surface area contributed by atoms with E-state index in [9.17, 15) is 13.6 Å². The van der Waals surface area contributed by atoms with E-state index >= 15 is 0 Å². The van der Waals surface area contributed by atoms with Crippen molar-refractivity contribution < 1.29 is 23.0 Å². The first kappa shape index (κ1) is 27.8. The van der Waals surface area contributed by atoms with E-state index in [1.807, 2.05) is 12.1 Å². The molecule has 6 heteroatoms. The van der Waals surface area contributed by atoms with Crippen molar-refractivity contribution in [2.45, 2.75) is 38.5 Å². The highest BCUT2D eigenvalue weighted by Crippen LogP contribution is 2.35. The quantitative estimate of drug-likeness (QED) is 0.211. The number of halogens is 2. The molecule has 0 unspecified atom stereocenters. The van der Waals surface area contributed by atoms with Crippen molar-refractivity contribution in [1.29, 1.82) is 0 Å². The summed E-state index contributed by atoms with van der Waals surface area (Å²) >= 11 is 0. The van der Waals surface area contributed by atoms with Crippen molar-refractivity contribution in [2.75, 3.05) is 33.4 Å². The maximum Gasteiger partial charge on any atom is 0.194 e. The number of rotatable bonds is 8. The summed E-state index contributed by atoms with van der Waals surface area (Å²) in [6.07, 6.45) is 7.74. The molecular weight excluding hydrogens is 508 g/mol. The Morgan fingerprint density at radius 3 is 2.15 bits per heavy atom. The molecule has 1 fully saturated rings. The van der Waals surface area contributed by atoms with Gasteiger partial charge in [0.25, 0.3) is 0 Å². The second-order valence-electron chi connectivity index (χ2n) is 10.4. The maximum absolute atomic E-state index is 14.9. The minimum atomic E-state index is -0.721. The van der Waals surface area contributed by atoms with E-state index in [4.69, 9.17) is 9.47 Å². The number of methoxy groups -OCH3 is 1. The van der Waals surface area contributed by atoms with Gasteiger partial charge in [0.15, 0.2) is 5.78 Å². The van der Waals surface area contributed by atoms with Crippen molar-refractivity contribution >= 4 is 16.6 Å². The van der Waals surface area contributed by atoms with Crippen molar-refractivity contribution in [2.24, 2.45) is 0 Å². The standard InChI is InChI=1S/C34H35F2NO3/c1-39-28-14-17-29-25(22-28)10-15-31(30-16-11-26(35)23-32(30)36)33(29)34(38)24-8-12-27(13-9-24)40-21-20-37-18-6-4-2-3-5-7-19-37/h8-17,22-23H,2-7,18-21H2,1H3. The van der Waals surface area contributed by atoms with Gasteiger partial charge in [-0.1, -0.05) is 37.8 Å². The van der Waals surface area contributed by atoms with Crippen LogP contribution >= 0.6 is 0 Å². The monoisotopic (exact) mass is 543 g/mol. The second kappa shape index (κ2) is 13.1. The van der Waals surface area contributed by atoms with E-state index in [0.29, 0.717) is 40.2 Å². The number of hydrogen-bond acceptors (Lipinski definition) is 4. The van der Waals surface area contributed by atoms with E-state index in [0.717, 1.165) is 31.1 Å². The molecule has 1 aliphatic rings. The molecule has 5 rings (SSSR count). The first-order valence-electron chi connectivity index (χ1n) is 14.1. The number of fused-ring (bicyclic) bond motifs is 1. The summed E-state index contributed by atoms with van der Waals surface area (Å²) in [5, 5.41) is 1.45. The number of benzene rings is 4. The van der Waals surface area contributed by atoms with Crippen LogP contribution < -0.4 is 9.47 Å². The van der Waals surface area contributed by atoms with E-state index < -0.39 is 11.6 Å². The van der Waals surface area contributed by atoms with Gasteiger partial charge in [-0.15, -0.1) is 0 Å².